The maximum atomic E-state index is 12.8. The number of aromatic nitrogens is 2. The average molecular weight is 479 g/mol. The van der Waals surface area contributed by atoms with E-state index in [0.717, 1.165) is 17.8 Å². The molecule has 1 fully saturated rings. The molecule has 0 radical (unpaired) electrons. The smallest absolute Gasteiger partial charge is 0.284 e. The van der Waals surface area contributed by atoms with Gasteiger partial charge in [-0.05, 0) is 36.0 Å². The van der Waals surface area contributed by atoms with Crippen molar-refractivity contribution in [1.82, 2.24) is 14.5 Å². The second kappa shape index (κ2) is 9.24. The zero-order valence-electron chi connectivity index (χ0n) is 16.8. The van der Waals surface area contributed by atoms with E-state index in [0.29, 0.717) is 11.3 Å². The van der Waals surface area contributed by atoms with Crippen LogP contribution in [0, 0.1) is 10.1 Å². The Hall–Kier alpha value is -3.00. The van der Waals surface area contributed by atoms with E-state index in [1.165, 1.54) is 23.5 Å². The first-order valence-corrected chi connectivity index (χ1v) is 11.7. The fourth-order valence-corrected chi connectivity index (χ4v) is 5.29. The Labute approximate surface area is 187 Å². The number of sulfonamides is 1. The number of rotatable bonds is 7. The molecule has 2 aromatic carbocycles. The van der Waals surface area contributed by atoms with Crippen molar-refractivity contribution >= 4 is 27.5 Å². The van der Waals surface area contributed by atoms with Crippen LogP contribution in [0.3, 0.4) is 0 Å². The molecule has 4 rings (SSSR count). The topological polar surface area (TPSA) is 138 Å². The quantitative estimate of drug-likeness (QED) is 0.368. The summed E-state index contributed by atoms with van der Waals surface area (Å²) in [7, 11) is -2.36. The highest BCUT2D eigenvalue weighted by molar-refractivity contribution is 7.99. The third-order valence-electron chi connectivity index (χ3n) is 4.68. The molecule has 0 amide bonds. The fourth-order valence-electron chi connectivity index (χ4n) is 3.10. The summed E-state index contributed by atoms with van der Waals surface area (Å²) in [5.74, 6) is 0.732. The zero-order chi connectivity index (χ0) is 22.7. The lowest BCUT2D eigenvalue weighted by atomic mass is 10.2. The van der Waals surface area contributed by atoms with Gasteiger partial charge in [-0.1, -0.05) is 12.1 Å². The van der Waals surface area contributed by atoms with Gasteiger partial charge in [-0.3, -0.25) is 10.1 Å². The van der Waals surface area contributed by atoms with Gasteiger partial charge in [0.05, 0.1) is 40.6 Å². The Balaban J connectivity index is 1.62. The molecule has 0 N–H and O–H groups in total. The minimum atomic E-state index is -3.87. The van der Waals surface area contributed by atoms with E-state index in [4.69, 9.17) is 13.9 Å². The van der Waals surface area contributed by atoms with Crippen molar-refractivity contribution in [2.45, 2.75) is 15.0 Å². The number of ether oxygens (including phenoxy) is 2. The summed E-state index contributed by atoms with van der Waals surface area (Å²) < 4.78 is 43.0. The van der Waals surface area contributed by atoms with Gasteiger partial charge >= 0.3 is 0 Å². The maximum absolute atomic E-state index is 12.8. The summed E-state index contributed by atoms with van der Waals surface area (Å²) in [4.78, 5) is 11.0. The molecule has 0 aliphatic carbocycles. The molecule has 3 aromatic rings. The molecular formula is C19H18N4O7S2. The minimum Gasteiger partial charge on any atom is -0.496 e. The number of methoxy groups -OCH3 is 1. The minimum absolute atomic E-state index is 0.0674. The molecule has 32 heavy (non-hydrogen) atoms. The highest BCUT2D eigenvalue weighted by atomic mass is 32.2. The van der Waals surface area contributed by atoms with E-state index in [1.54, 1.807) is 24.3 Å². The number of hydrogen-bond donors (Lipinski definition) is 0. The van der Waals surface area contributed by atoms with Crippen molar-refractivity contribution in [2.24, 2.45) is 0 Å². The van der Waals surface area contributed by atoms with Crippen LogP contribution in [0.1, 0.15) is 0 Å². The molecule has 1 aliphatic rings. The zero-order valence-corrected chi connectivity index (χ0v) is 18.5. The van der Waals surface area contributed by atoms with Gasteiger partial charge in [-0.25, -0.2) is 8.42 Å². The normalized spacial score (nSPS) is 14.9. The number of nitro benzene ring substituents is 1. The number of morpholine rings is 1. The number of hydrogen-bond acceptors (Lipinski definition) is 10. The SMILES string of the molecule is COc1ccccc1-c1nnc(Sc2ccc(S(=O)(=O)N3CCOCC3)cc2[N+](=O)[O-])o1. The first-order valence-electron chi connectivity index (χ1n) is 9.41. The van der Waals surface area contributed by atoms with Crippen LogP contribution >= 0.6 is 11.8 Å². The summed E-state index contributed by atoms with van der Waals surface area (Å²) in [6.45, 7) is 0.947. The summed E-state index contributed by atoms with van der Waals surface area (Å²) in [6, 6.07) is 10.8. The molecule has 168 valence electrons. The van der Waals surface area contributed by atoms with Crippen molar-refractivity contribution in [1.29, 1.82) is 0 Å². The molecule has 13 heteroatoms. The Morgan fingerprint density at radius 2 is 1.91 bits per heavy atom. The Morgan fingerprint density at radius 3 is 2.62 bits per heavy atom. The standard InChI is InChI=1S/C19H18N4O7S2/c1-28-16-5-3-2-4-14(16)18-20-21-19(30-18)31-17-7-6-13(12-15(17)23(24)25)32(26,27)22-8-10-29-11-9-22/h2-7,12H,8-11H2,1H3. The first-order chi connectivity index (χ1) is 15.4. The van der Waals surface area contributed by atoms with Crippen molar-refractivity contribution in [2.75, 3.05) is 33.4 Å². The van der Waals surface area contributed by atoms with Crippen LogP contribution < -0.4 is 4.74 Å². The lowest BCUT2D eigenvalue weighted by Crippen LogP contribution is -2.40. The van der Waals surface area contributed by atoms with Crippen LogP contribution in [0.4, 0.5) is 5.69 Å². The van der Waals surface area contributed by atoms with Crippen LogP contribution in [0.25, 0.3) is 11.5 Å². The first kappa shape index (κ1) is 22.2. The molecule has 2 heterocycles. The van der Waals surface area contributed by atoms with Gasteiger partial charge in [0.1, 0.15) is 5.75 Å². The molecule has 1 aliphatic heterocycles. The Morgan fingerprint density at radius 1 is 1.16 bits per heavy atom. The molecule has 1 aromatic heterocycles. The fraction of sp³-hybridized carbons (Fsp3) is 0.263. The van der Waals surface area contributed by atoms with Crippen molar-refractivity contribution in [3.63, 3.8) is 0 Å². The van der Waals surface area contributed by atoms with Crippen LogP contribution in [0.15, 0.2) is 61.9 Å². The third kappa shape index (κ3) is 4.46. The summed E-state index contributed by atoms with van der Waals surface area (Å²) >= 11 is 0.875. The third-order valence-corrected chi connectivity index (χ3v) is 7.48. The number of para-hydroxylation sites is 1. The van der Waals surface area contributed by atoms with E-state index in [9.17, 15) is 18.5 Å². The summed E-state index contributed by atoms with van der Waals surface area (Å²) in [6.07, 6.45) is 0. The van der Waals surface area contributed by atoms with Gasteiger partial charge in [0.15, 0.2) is 0 Å². The van der Waals surface area contributed by atoms with Gasteiger partial charge in [0, 0.05) is 19.2 Å². The predicted octanol–water partition coefficient (Wildman–Crippen LogP) is 2.83. The number of benzene rings is 2. The Bertz CT molecular complexity index is 1240. The van der Waals surface area contributed by atoms with Crippen molar-refractivity contribution < 1.29 is 27.2 Å². The average Bonchev–Trinajstić information content (AvgIpc) is 3.28. The maximum Gasteiger partial charge on any atom is 0.284 e. The second-order valence-electron chi connectivity index (χ2n) is 6.58. The van der Waals surface area contributed by atoms with Crippen LogP contribution in [0.5, 0.6) is 5.75 Å². The molecular weight excluding hydrogens is 460 g/mol. The number of nitro groups is 1. The molecule has 0 unspecified atom stereocenters. The Kier molecular flexibility index (Phi) is 6.41. The second-order valence-corrected chi connectivity index (χ2v) is 9.51. The van der Waals surface area contributed by atoms with Gasteiger partial charge in [0.25, 0.3) is 16.8 Å². The lowest BCUT2D eigenvalue weighted by molar-refractivity contribution is -0.388. The van der Waals surface area contributed by atoms with Crippen LogP contribution in [0.2, 0.25) is 0 Å². The highest BCUT2D eigenvalue weighted by Crippen LogP contribution is 2.38. The van der Waals surface area contributed by atoms with E-state index in [-0.39, 0.29) is 52.9 Å². The van der Waals surface area contributed by atoms with Crippen molar-refractivity contribution in [3.8, 4) is 17.2 Å². The highest BCUT2D eigenvalue weighted by Gasteiger charge is 2.29. The van der Waals surface area contributed by atoms with Crippen LogP contribution in [-0.2, 0) is 14.8 Å². The van der Waals surface area contributed by atoms with Crippen molar-refractivity contribution in [3.05, 3.63) is 52.6 Å². The molecule has 0 spiro atoms. The summed E-state index contributed by atoms with van der Waals surface area (Å²) in [5, 5.41) is 19.6. The van der Waals surface area contributed by atoms with Gasteiger partial charge in [-0.15, -0.1) is 10.2 Å². The largest absolute Gasteiger partial charge is 0.496 e. The van der Waals surface area contributed by atoms with E-state index in [2.05, 4.69) is 10.2 Å². The van der Waals surface area contributed by atoms with Gasteiger partial charge < -0.3 is 13.9 Å². The van der Waals surface area contributed by atoms with E-state index in [1.807, 2.05) is 0 Å². The predicted molar refractivity (Wildman–Crippen MR) is 113 cm³/mol. The molecule has 0 atom stereocenters. The molecule has 1 saturated heterocycles. The molecule has 11 nitrogen and oxygen atoms in total. The number of nitrogens with zero attached hydrogens (tertiary/aromatic N) is 4. The summed E-state index contributed by atoms with van der Waals surface area (Å²) in [5.41, 5.74) is 0.206. The van der Waals surface area contributed by atoms with E-state index < -0.39 is 14.9 Å². The van der Waals surface area contributed by atoms with Gasteiger partial charge in [-0.2, -0.15) is 4.31 Å². The molecule has 0 bridgehead atoms. The lowest BCUT2D eigenvalue weighted by Gasteiger charge is -2.26. The van der Waals surface area contributed by atoms with Crippen LogP contribution in [-0.4, -0.2) is 61.3 Å². The monoisotopic (exact) mass is 478 g/mol. The molecule has 0 saturated carbocycles. The van der Waals surface area contributed by atoms with Gasteiger partial charge in [0.2, 0.25) is 10.0 Å². The van der Waals surface area contributed by atoms with E-state index >= 15 is 0 Å².